The van der Waals surface area contributed by atoms with Crippen LogP contribution in [0.15, 0.2) is 48.5 Å². The second-order valence-corrected chi connectivity index (χ2v) is 6.60. The SMILES string of the molecule is COc1ccccc1CC(CI)NC[C@H](O)c1ccccc1Cl. The van der Waals surface area contributed by atoms with E-state index >= 15 is 0 Å². The number of aliphatic hydroxyl groups is 1. The molecule has 2 aromatic rings. The summed E-state index contributed by atoms with van der Waals surface area (Å²) in [5, 5.41) is 14.4. The van der Waals surface area contributed by atoms with E-state index in [0.717, 1.165) is 27.7 Å². The first-order chi connectivity index (χ1) is 11.2. The summed E-state index contributed by atoms with van der Waals surface area (Å²) < 4.78 is 6.34. The molecule has 3 nitrogen and oxygen atoms in total. The third-order valence-electron chi connectivity index (χ3n) is 3.71. The summed E-state index contributed by atoms with van der Waals surface area (Å²) >= 11 is 8.49. The molecule has 0 aliphatic rings. The molecule has 2 aromatic carbocycles. The maximum absolute atomic E-state index is 10.3. The Balaban J connectivity index is 1.96. The van der Waals surface area contributed by atoms with Crippen LogP contribution in [0, 0.1) is 0 Å². The lowest BCUT2D eigenvalue weighted by atomic mass is 10.0. The quantitative estimate of drug-likeness (QED) is 0.476. The van der Waals surface area contributed by atoms with E-state index in [4.69, 9.17) is 16.3 Å². The Kier molecular flexibility index (Phi) is 7.62. The number of benzene rings is 2. The summed E-state index contributed by atoms with van der Waals surface area (Å²) in [6.07, 6.45) is 0.231. The van der Waals surface area contributed by atoms with Crippen molar-refractivity contribution in [2.75, 3.05) is 18.1 Å². The molecule has 2 atom stereocenters. The molecule has 2 rings (SSSR count). The van der Waals surface area contributed by atoms with Gasteiger partial charge >= 0.3 is 0 Å². The average Bonchev–Trinajstić information content (AvgIpc) is 2.59. The van der Waals surface area contributed by atoms with E-state index in [1.807, 2.05) is 36.4 Å². The van der Waals surface area contributed by atoms with Gasteiger partial charge in [0.25, 0.3) is 0 Å². The van der Waals surface area contributed by atoms with Gasteiger partial charge in [-0.25, -0.2) is 0 Å². The molecule has 0 saturated carbocycles. The summed E-state index contributed by atoms with van der Waals surface area (Å²) in [7, 11) is 1.69. The van der Waals surface area contributed by atoms with Crippen molar-refractivity contribution in [2.45, 2.75) is 18.6 Å². The predicted octanol–water partition coefficient (Wildman–Crippen LogP) is 4.02. The average molecular weight is 446 g/mol. The van der Waals surface area contributed by atoms with Gasteiger partial charge in [-0.15, -0.1) is 0 Å². The van der Waals surface area contributed by atoms with Crippen molar-refractivity contribution in [2.24, 2.45) is 0 Å². The number of alkyl halides is 1. The summed E-state index contributed by atoms with van der Waals surface area (Å²) in [6, 6.07) is 15.7. The molecule has 0 fully saturated rings. The number of nitrogens with one attached hydrogen (secondary N) is 1. The van der Waals surface area contributed by atoms with Crippen molar-refractivity contribution in [3.8, 4) is 5.75 Å². The Hall–Kier alpha value is -0.820. The summed E-state index contributed by atoms with van der Waals surface area (Å²) in [5.41, 5.74) is 1.92. The summed E-state index contributed by atoms with van der Waals surface area (Å²) in [4.78, 5) is 0. The highest BCUT2D eigenvalue weighted by molar-refractivity contribution is 14.1. The Labute approximate surface area is 156 Å². The minimum atomic E-state index is -0.619. The standard InChI is InChI=1S/C18H21ClINO2/c1-23-18-9-5-2-6-13(18)10-14(11-20)21-12-17(22)15-7-3-4-8-16(15)19/h2-9,14,17,21-22H,10-12H2,1H3/t14?,17-/m0/s1. The van der Waals surface area contributed by atoms with Crippen molar-refractivity contribution in [1.29, 1.82) is 0 Å². The predicted molar refractivity (Wildman–Crippen MR) is 104 cm³/mol. The van der Waals surface area contributed by atoms with Crippen LogP contribution in [0.3, 0.4) is 0 Å². The summed E-state index contributed by atoms with van der Waals surface area (Å²) in [5.74, 6) is 0.899. The number of methoxy groups -OCH3 is 1. The lowest BCUT2D eigenvalue weighted by molar-refractivity contribution is 0.171. The Morgan fingerprint density at radius 3 is 2.57 bits per heavy atom. The molecule has 5 heteroatoms. The van der Waals surface area contributed by atoms with Crippen LogP contribution in [0.4, 0.5) is 0 Å². The van der Waals surface area contributed by atoms with Gasteiger partial charge in [-0.2, -0.15) is 0 Å². The molecule has 124 valence electrons. The molecule has 0 spiro atoms. The molecule has 0 aromatic heterocycles. The van der Waals surface area contributed by atoms with Crippen LogP contribution in [0.5, 0.6) is 5.75 Å². The van der Waals surface area contributed by atoms with Gasteiger partial charge in [-0.1, -0.05) is 70.6 Å². The lowest BCUT2D eigenvalue weighted by Crippen LogP contribution is -2.35. The van der Waals surface area contributed by atoms with Gasteiger partial charge in [0.2, 0.25) is 0 Å². The third-order valence-corrected chi connectivity index (χ3v) is 5.12. The van der Waals surface area contributed by atoms with E-state index < -0.39 is 6.10 Å². The second-order valence-electron chi connectivity index (χ2n) is 5.31. The van der Waals surface area contributed by atoms with Crippen LogP contribution in [0.1, 0.15) is 17.2 Å². The fourth-order valence-electron chi connectivity index (χ4n) is 2.45. The zero-order chi connectivity index (χ0) is 16.7. The van der Waals surface area contributed by atoms with Crippen molar-refractivity contribution < 1.29 is 9.84 Å². The maximum Gasteiger partial charge on any atom is 0.122 e. The smallest absolute Gasteiger partial charge is 0.122 e. The van der Waals surface area contributed by atoms with E-state index in [9.17, 15) is 5.11 Å². The number of hydrogen-bond donors (Lipinski definition) is 2. The molecule has 2 N–H and O–H groups in total. The molecule has 0 aliphatic heterocycles. The fourth-order valence-corrected chi connectivity index (χ4v) is 3.34. The Morgan fingerprint density at radius 1 is 1.17 bits per heavy atom. The van der Waals surface area contributed by atoms with Gasteiger partial charge in [0.05, 0.1) is 13.2 Å². The highest BCUT2D eigenvalue weighted by Gasteiger charge is 2.15. The Bertz CT molecular complexity index is 623. The maximum atomic E-state index is 10.3. The van der Waals surface area contributed by atoms with Gasteiger partial charge in [0, 0.05) is 27.6 Å². The highest BCUT2D eigenvalue weighted by atomic mass is 127. The molecule has 0 aliphatic carbocycles. The fraction of sp³-hybridized carbons (Fsp3) is 0.333. The van der Waals surface area contributed by atoms with Gasteiger partial charge in [0.15, 0.2) is 0 Å². The number of hydrogen-bond acceptors (Lipinski definition) is 3. The van der Waals surface area contributed by atoms with Crippen molar-refractivity contribution >= 4 is 34.2 Å². The highest BCUT2D eigenvalue weighted by Crippen LogP contribution is 2.23. The third kappa shape index (κ3) is 5.35. The lowest BCUT2D eigenvalue weighted by Gasteiger charge is -2.20. The van der Waals surface area contributed by atoms with Crippen LogP contribution in [-0.4, -0.2) is 29.2 Å². The molecule has 0 amide bonds. The Morgan fingerprint density at radius 2 is 1.87 bits per heavy atom. The van der Waals surface area contributed by atoms with Crippen molar-refractivity contribution in [3.63, 3.8) is 0 Å². The van der Waals surface area contributed by atoms with E-state index in [1.54, 1.807) is 13.2 Å². The number of para-hydroxylation sites is 1. The first-order valence-corrected chi connectivity index (χ1v) is 9.39. The van der Waals surface area contributed by atoms with Crippen LogP contribution in [0.2, 0.25) is 5.02 Å². The normalized spacial score (nSPS) is 13.6. The molecular weight excluding hydrogens is 425 g/mol. The van der Waals surface area contributed by atoms with Gasteiger partial charge in [-0.3, -0.25) is 0 Å². The second kappa shape index (κ2) is 9.47. The zero-order valence-electron chi connectivity index (χ0n) is 13.0. The van der Waals surface area contributed by atoms with Crippen LogP contribution in [-0.2, 0) is 6.42 Å². The van der Waals surface area contributed by atoms with Crippen LogP contribution >= 0.6 is 34.2 Å². The first-order valence-electron chi connectivity index (χ1n) is 7.49. The number of ether oxygens (including phenoxy) is 1. The largest absolute Gasteiger partial charge is 0.496 e. The van der Waals surface area contributed by atoms with Crippen LogP contribution < -0.4 is 10.1 Å². The molecule has 0 saturated heterocycles. The summed E-state index contributed by atoms with van der Waals surface area (Å²) in [6.45, 7) is 0.465. The topological polar surface area (TPSA) is 41.5 Å². The number of aliphatic hydroxyl groups excluding tert-OH is 1. The van der Waals surface area contributed by atoms with Gasteiger partial charge < -0.3 is 15.2 Å². The molecule has 23 heavy (non-hydrogen) atoms. The van der Waals surface area contributed by atoms with E-state index in [2.05, 4.69) is 34.0 Å². The first kappa shape index (κ1) is 18.5. The zero-order valence-corrected chi connectivity index (χ0v) is 15.9. The van der Waals surface area contributed by atoms with Crippen molar-refractivity contribution in [3.05, 3.63) is 64.7 Å². The molecule has 0 heterocycles. The number of halogens is 2. The molecule has 1 unspecified atom stereocenters. The van der Waals surface area contributed by atoms with Crippen molar-refractivity contribution in [1.82, 2.24) is 5.32 Å². The van der Waals surface area contributed by atoms with Gasteiger partial charge in [-0.05, 0) is 24.1 Å². The number of rotatable bonds is 8. The molecular formula is C18H21ClINO2. The molecule has 0 radical (unpaired) electrons. The van der Waals surface area contributed by atoms with E-state index in [-0.39, 0.29) is 6.04 Å². The van der Waals surface area contributed by atoms with E-state index in [0.29, 0.717) is 11.6 Å². The van der Waals surface area contributed by atoms with Gasteiger partial charge in [0.1, 0.15) is 5.75 Å². The van der Waals surface area contributed by atoms with Crippen LogP contribution in [0.25, 0.3) is 0 Å². The minimum absolute atomic E-state index is 0.254. The minimum Gasteiger partial charge on any atom is -0.496 e. The molecule has 0 bridgehead atoms. The van der Waals surface area contributed by atoms with E-state index in [1.165, 1.54) is 0 Å². The monoisotopic (exact) mass is 445 g/mol.